The highest BCUT2D eigenvalue weighted by molar-refractivity contribution is 5.54. The van der Waals surface area contributed by atoms with Gasteiger partial charge < -0.3 is 5.32 Å². The van der Waals surface area contributed by atoms with Gasteiger partial charge in [-0.05, 0) is 37.5 Å². The van der Waals surface area contributed by atoms with Gasteiger partial charge in [-0.3, -0.25) is 9.88 Å². The predicted octanol–water partition coefficient (Wildman–Crippen LogP) is 3.38. The third-order valence-corrected chi connectivity index (χ3v) is 4.22. The molecule has 0 saturated carbocycles. The normalized spacial score (nSPS) is 18.9. The summed E-state index contributed by atoms with van der Waals surface area (Å²) < 4.78 is 0. The lowest BCUT2D eigenvalue weighted by atomic mass is 10.1. The van der Waals surface area contributed by atoms with Crippen molar-refractivity contribution in [3.63, 3.8) is 0 Å². The molecule has 1 unspecified atom stereocenters. The molecule has 3 rings (SSSR count). The average molecular weight is 281 g/mol. The van der Waals surface area contributed by atoms with Crippen LogP contribution in [0.4, 0.5) is 5.69 Å². The molecule has 3 nitrogen and oxygen atoms in total. The molecule has 110 valence electrons. The molecule has 1 saturated heterocycles. The second kappa shape index (κ2) is 6.27. The van der Waals surface area contributed by atoms with Crippen LogP contribution in [0.25, 0.3) is 0 Å². The van der Waals surface area contributed by atoms with E-state index in [-0.39, 0.29) is 0 Å². The molecular weight excluding hydrogens is 258 g/mol. The zero-order valence-electron chi connectivity index (χ0n) is 12.8. The Morgan fingerprint density at radius 2 is 2.00 bits per heavy atom. The first-order chi connectivity index (χ1) is 10.2. The first-order valence-electron chi connectivity index (χ1n) is 7.67. The average Bonchev–Trinajstić information content (AvgIpc) is 2.91. The highest BCUT2D eigenvalue weighted by Gasteiger charge is 2.23. The van der Waals surface area contributed by atoms with E-state index < -0.39 is 0 Å². The number of nitrogens with one attached hydrogen (secondary N) is 1. The van der Waals surface area contributed by atoms with Crippen molar-refractivity contribution < 1.29 is 0 Å². The molecule has 0 aliphatic carbocycles. The fourth-order valence-corrected chi connectivity index (χ4v) is 3.05. The van der Waals surface area contributed by atoms with Gasteiger partial charge in [0.15, 0.2) is 0 Å². The van der Waals surface area contributed by atoms with E-state index in [1.54, 1.807) is 0 Å². The zero-order valence-corrected chi connectivity index (χ0v) is 12.8. The van der Waals surface area contributed by atoms with Crippen molar-refractivity contribution in [3.05, 3.63) is 59.4 Å². The van der Waals surface area contributed by atoms with Crippen LogP contribution in [0.5, 0.6) is 0 Å². The number of rotatable bonds is 4. The Morgan fingerprint density at radius 1 is 1.19 bits per heavy atom. The van der Waals surface area contributed by atoms with E-state index in [1.807, 2.05) is 6.20 Å². The number of likely N-dealkylation sites (tertiary alicyclic amines) is 1. The lowest BCUT2D eigenvalue weighted by Gasteiger charge is -2.19. The summed E-state index contributed by atoms with van der Waals surface area (Å²) >= 11 is 0. The lowest BCUT2D eigenvalue weighted by molar-refractivity contribution is 0.328. The molecule has 0 amide bonds. The molecule has 0 bridgehead atoms. The zero-order chi connectivity index (χ0) is 14.7. The Bertz CT molecular complexity index is 574. The molecule has 1 aliphatic rings. The van der Waals surface area contributed by atoms with E-state index >= 15 is 0 Å². The Morgan fingerprint density at radius 3 is 2.76 bits per heavy atom. The van der Waals surface area contributed by atoms with E-state index in [4.69, 9.17) is 0 Å². The molecule has 1 aliphatic heterocycles. The van der Waals surface area contributed by atoms with E-state index in [0.29, 0.717) is 6.04 Å². The van der Waals surface area contributed by atoms with Crippen LogP contribution in [-0.4, -0.2) is 29.0 Å². The lowest BCUT2D eigenvalue weighted by Crippen LogP contribution is -2.26. The smallest absolute Gasteiger partial charge is 0.0606 e. The molecule has 3 heteroatoms. The number of benzene rings is 1. The Balaban J connectivity index is 1.60. The van der Waals surface area contributed by atoms with Crippen molar-refractivity contribution in [3.8, 4) is 0 Å². The van der Waals surface area contributed by atoms with Gasteiger partial charge in [-0.2, -0.15) is 0 Å². The quantitative estimate of drug-likeness (QED) is 0.931. The summed E-state index contributed by atoms with van der Waals surface area (Å²) in [6.07, 6.45) is 3.08. The molecule has 2 heterocycles. The SMILES string of the molecule is Cc1ccnc(C)c1NC1CCN(Cc2ccccc2)C1. The van der Waals surface area contributed by atoms with Gasteiger partial charge >= 0.3 is 0 Å². The minimum absolute atomic E-state index is 0.523. The molecule has 21 heavy (non-hydrogen) atoms. The molecular formula is C18H23N3. The molecule has 2 aromatic rings. The minimum Gasteiger partial charge on any atom is -0.379 e. The number of nitrogens with zero attached hydrogens (tertiary/aromatic N) is 2. The van der Waals surface area contributed by atoms with Crippen molar-refractivity contribution >= 4 is 5.69 Å². The van der Waals surface area contributed by atoms with Crippen molar-refractivity contribution in [1.29, 1.82) is 0 Å². The van der Waals surface area contributed by atoms with Gasteiger partial charge in [-0.25, -0.2) is 0 Å². The van der Waals surface area contributed by atoms with Crippen molar-refractivity contribution in [1.82, 2.24) is 9.88 Å². The van der Waals surface area contributed by atoms with E-state index in [1.165, 1.54) is 23.2 Å². The van der Waals surface area contributed by atoms with Crippen LogP contribution < -0.4 is 5.32 Å². The predicted molar refractivity (Wildman–Crippen MR) is 87.5 cm³/mol. The summed E-state index contributed by atoms with van der Waals surface area (Å²) in [5, 5.41) is 3.69. The molecule has 1 N–H and O–H groups in total. The van der Waals surface area contributed by atoms with E-state index in [0.717, 1.165) is 25.3 Å². The summed E-state index contributed by atoms with van der Waals surface area (Å²) in [6.45, 7) is 7.53. The van der Waals surface area contributed by atoms with Crippen LogP contribution in [0.2, 0.25) is 0 Å². The van der Waals surface area contributed by atoms with Crippen molar-refractivity contribution in [2.24, 2.45) is 0 Å². The van der Waals surface area contributed by atoms with Crippen LogP contribution in [-0.2, 0) is 6.54 Å². The maximum Gasteiger partial charge on any atom is 0.0606 e. The summed E-state index contributed by atoms with van der Waals surface area (Å²) in [4.78, 5) is 6.91. The largest absolute Gasteiger partial charge is 0.379 e. The first-order valence-corrected chi connectivity index (χ1v) is 7.67. The van der Waals surface area contributed by atoms with Crippen LogP contribution in [0.1, 0.15) is 23.2 Å². The van der Waals surface area contributed by atoms with Crippen molar-refractivity contribution in [2.45, 2.75) is 32.9 Å². The number of pyridine rings is 1. The molecule has 1 aromatic heterocycles. The standard InChI is InChI=1S/C18H23N3/c1-14-8-10-19-15(2)18(14)20-17-9-11-21(13-17)12-16-6-4-3-5-7-16/h3-8,10,17,20H,9,11-13H2,1-2H3. The van der Waals surface area contributed by atoms with Gasteiger partial charge in [0, 0.05) is 31.9 Å². The van der Waals surface area contributed by atoms with Crippen LogP contribution in [0.3, 0.4) is 0 Å². The van der Waals surface area contributed by atoms with Gasteiger partial charge in [0.05, 0.1) is 11.4 Å². The Labute approximate surface area is 127 Å². The maximum absolute atomic E-state index is 4.39. The monoisotopic (exact) mass is 281 g/mol. The molecule has 1 atom stereocenters. The number of hydrogen-bond acceptors (Lipinski definition) is 3. The number of aryl methyl sites for hydroxylation is 2. The Kier molecular flexibility index (Phi) is 4.20. The van der Waals surface area contributed by atoms with E-state index in [2.05, 4.69) is 65.4 Å². The third kappa shape index (κ3) is 3.42. The minimum atomic E-state index is 0.523. The van der Waals surface area contributed by atoms with E-state index in [9.17, 15) is 0 Å². The highest BCUT2D eigenvalue weighted by atomic mass is 15.2. The summed E-state index contributed by atoms with van der Waals surface area (Å²) in [5.74, 6) is 0. The fourth-order valence-electron chi connectivity index (χ4n) is 3.05. The number of anilines is 1. The molecule has 1 aromatic carbocycles. The second-order valence-corrected chi connectivity index (χ2v) is 5.94. The van der Waals surface area contributed by atoms with Gasteiger partial charge in [-0.15, -0.1) is 0 Å². The van der Waals surface area contributed by atoms with Crippen LogP contribution in [0.15, 0.2) is 42.6 Å². The summed E-state index contributed by atoms with van der Waals surface area (Å²) in [7, 11) is 0. The first kappa shape index (κ1) is 14.1. The number of aromatic nitrogens is 1. The maximum atomic E-state index is 4.39. The van der Waals surface area contributed by atoms with Gasteiger partial charge in [0.2, 0.25) is 0 Å². The van der Waals surface area contributed by atoms with Crippen LogP contribution >= 0.6 is 0 Å². The second-order valence-electron chi connectivity index (χ2n) is 5.94. The van der Waals surface area contributed by atoms with Gasteiger partial charge in [0.25, 0.3) is 0 Å². The van der Waals surface area contributed by atoms with Gasteiger partial charge in [-0.1, -0.05) is 30.3 Å². The van der Waals surface area contributed by atoms with Crippen LogP contribution in [0, 0.1) is 13.8 Å². The fraction of sp³-hybridized carbons (Fsp3) is 0.389. The summed E-state index contributed by atoms with van der Waals surface area (Å²) in [5.41, 5.74) is 4.98. The molecule has 0 spiro atoms. The highest BCUT2D eigenvalue weighted by Crippen LogP contribution is 2.22. The molecule has 1 fully saturated rings. The third-order valence-electron chi connectivity index (χ3n) is 4.22. The Hall–Kier alpha value is -1.87. The van der Waals surface area contributed by atoms with Gasteiger partial charge in [0.1, 0.15) is 0 Å². The molecule has 0 radical (unpaired) electrons. The topological polar surface area (TPSA) is 28.2 Å². The summed E-state index contributed by atoms with van der Waals surface area (Å²) in [6, 6.07) is 13.3. The van der Waals surface area contributed by atoms with Crippen molar-refractivity contribution in [2.75, 3.05) is 18.4 Å². The number of hydrogen-bond donors (Lipinski definition) is 1.